The Balaban J connectivity index is 1.99. The number of pyridine rings is 1. The van der Waals surface area contributed by atoms with Crippen LogP contribution >= 0.6 is 0 Å². The van der Waals surface area contributed by atoms with Crippen molar-refractivity contribution >= 4 is 11.7 Å². The maximum absolute atomic E-state index is 13.2. The van der Waals surface area contributed by atoms with Gasteiger partial charge in [0.05, 0.1) is 5.56 Å². The number of nitrogens with zero attached hydrogens (tertiary/aromatic N) is 3. The van der Waals surface area contributed by atoms with Crippen LogP contribution in [0.3, 0.4) is 0 Å². The van der Waals surface area contributed by atoms with E-state index in [9.17, 15) is 4.79 Å². The monoisotopic (exact) mass is 323 g/mol. The summed E-state index contributed by atoms with van der Waals surface area (Å²) in [5, 5.41) is 9.01. The number of hydrogen-bond acceptors (Lipinski definition) is 4. The van der Waals surface area contributed by atoms with Crippen molar-refractivity contribution in [2.75, 3.05) is 4.90 Å². The maximum Gasteiger partial charge on any atom is 0.263 e. The number of carbonyl (C=O) groups is 1. The Kier molecular flexibility index (Phi) is 4.66. The lowest BCUT2D eigenvalue weighted by Gasteiger charge is -2.33. The first kappa shape index (κ1) is 16.3. The second-order valence-electron chi connectivity index (χ2n) is 6.35. The minimum Gasteiger partial charge on any atom is -0.450 e. The first-order chi connectivity index (χ1) is 11.6. The normalized spacial score (nSPS) is 15.0. The SMILES string of the molecule is Cc1ccc(N(C(=O)c2cc(C#N)oc2C)C2CCCCC2)nc1. The van der Waals surface area contributed by atoms with Gasteiger partial charge in [-0.1, -0.05) is 25.3 Å². The number of hydrogen-bond donors (Lipinski definition) is 0. The van der Waals surface area contributed by atoms with E-state index in [4.69, 9.17) is 9.68 Å². The molecule has 5 heteroatoms. The van der Waals surface area contributed by atoms with E-state index in [1.807, 2.05) is 25.1 Å². The molecule has 24 heavy (non-hydrogen) atoms. The van der Waals surface area contributed by atoms with Crippen LogP contribution in [0.1, 0.15) is 59.5 Å². The lowest BCUT2D eigenvalue weighted by molar-refractivity contribution is 0.0968. The molecule has 0 unspecified atom stereocenters. The molecule has 0 spiro atoms. The zero-order chi connectivity index (χ0) is 17.1. The van der Waals surface area contributed by atoms with Gasteiger partial charge in [0.25, 0.3) is 5.91 Å². The Morgan fingerprint density at radius 3 is 2.62 bits per heavy atom. The predicted molar refractivity (Wildman–Crippen MR) is 90.8 cm³/mol. The third-order valence-corrected chi connectivity index (χ3v) is 4.56. The van der Waals surface area contributed by atoms with E-state index in [0.717, 1.165) is 31.2 Å². The fraction of sp³-hybridized carbons (Fsp3) is 0.421. The summed E-state index contributed by atoms with van der Waals surface area (Å²) in [6.45, 7) is 3.69. The summed E-state index contributed by atoms with van der Waals surface area (Å²) >= 11 is 0. The molecule has 2 heterocycles. The van der Waals surface area contributed by atoms with Gasteiger partial charge in [0, 0.05) is 18.3 Å². The Morgan fingerprint density at radius 2 is 2.04 bits per heavy atom. The molecule has 1 aliphatic rings. The molecule has 0 radical (unpaired) electrons. The molecule has 124 valence electrons. The van der Waals surface area contributed by atoms with Gasteiger partial charge in [-0.3, -0.25) is 9.69 Å². The number of anilines is 1. The highest BCUT2D eigenvalue weighted by atomic mass is 16.3. The molecule has 1 amide bonds. The minimum absolute atomic E-state index is 0.138. The van der Waals surface area contributed by atoms with Crippen molar-refractivity contribution in [1.29, 1.82) is 5.26 Å². The van der Waals surface area contributed by atoms with Gasteiger partial charge in [-0.05, 0) is 38.3 Å². The van der Waals surface area contributed by atoms with Crippen molar-refractivity contribution in [3.8, 4) is 6.07 Å². The highest BCUT2D eigenvalue weighted by Gasteiger charge is 2.30. The first-order valence-corrected chi connectivity index (χ1v) is 8.37. The summed E-state index contributed by atoms with van der Waals surface area (Å²) in [5.74, 6) is 1.17. The summed E-state index contributed by atoms with van der Waals surface area (Å²) in [5.41, 5.74) is 1.50. The van der Waals surface area contributed by atoms with Gasteiger partial charge in [-0.15, -0.1) is 0 Å². The van der Waals surface area contributed by atoms with Crippen molar-refractivity contribution < 1.29 is 9.21 Å². The molecule has 3 rings (SSSR count). The molecular formula is C19H21N3O2. The highest BCUT2D eigenvalue weighted by Crippen LogP contribution is 2.29. The van der Waals surface area contributed by atoms with Gasteiger partial charge in [0.2, 0.25) is 5.76 Å². The molecule has 0 N–H and O–H groups in total. The third kappa shape index (κ3) is 3.18. The van der Waals surface area contributed by atoms with Crippen molar-refractivity contribution in [2.24, 2.45) is 0 Å². The van der Waals surface area contributed by atoms with E-state index >= 15 is 0 Å². The largest absolute Gasteiger partial charge is 0.450 e. The average Bonchev–Trinajstić information content (AvgIpc) is 2.99. The van der Waals surface area contributed by atoms with Crippen molar-refractivity contribution in [3.05, 3.63) is 47.0 Å². The Bertz CT molecular complexity index is 765. The highest BCUT2D eigenvalue weighted by molar-refractivity contribution is 6.06. The van der Waals surface area contributed by atoms with Gasteiger partial charge in [-0.2, -0.15) is 5.26 Å². The molecule has 1 fully saturated rings. The minimum atomic E-state index is -0.138. The topological polar surface area (TPSA) is 70.1 Å². The number of amides is 1. The summed E-state index contributed by atoms with van der Waals surface area (Å²) in [7, 11) is 0. The molecule has 1 aliphatic carbocycles. The fourth-order valence-corrected chi connectivity index (χ4v) is 3.28. The first-order valence-electron chi connectivity index (χ1n) is 8.37. The van der Waals surface area contributed by atoms with Gasteiger partial charge < -0.3 is 4.42 Å². The molecule has 0 bridgehead atoms. The molecule has 0 saturated heterocycles. The van der Waals surface area contributed by atoms with Crippen LogP contribution in [0.2, 0.25) is 0 Å². The molecule has 0 atom stereocenters. The molecule has 2 aromatic heterocycles. The second-order valence-corrected chi connectivity index (χ2v) is 6.35. The Labute approximate surface area is 141 Å². The molecule has 2 aromatic rings. The summed E-state index contributed by atoms with van der Waals surface area (Å²) < 4.78 is 5.35. The number of aromatic nitrogens is 1. The molecular weight excluding hydrogens is 302 g/mol. The van der Waals surface area contributed by atoms with E-state index in [2.05, 4.69) is 4.98 Å². The molecule has 0 aliphatic heterocycles. The lowest BCUT2D eigenvalue weighted by atomic mass is 9.93. The van der Waals surface area contributed by atoms with Crippen LogP contribution < -0.4 is 4.90 Å². The van der Waals surface area contributed by atoms with Crippen LogP contribution in [-0.4, -0.2) is 16.9 Å². The van der Waals surface area contributed by atoms with Crippen molar-refractivity contribution in [1.82, 2.24) is 4.98 Å². The van der Waals surface area contributed by atoms with Crippen LogP contribution in [0, 0.1) is 25.2 Å². The van der Waals surface area contributed by atoms with E-state index in [-0.39, 0.29) is 17.7 Å². The Morgan fingerprint density at radius 1 is 1.29 bits per heavy atom. The quantitative estimate of drug-likeness (QED) is 0.851. The van der Waals surface area contributed by atoms with E-state index < -0.39 is 0 Å². The number of nitriles is 1. The average molecular weight is 323 g/mol. The number of aryl methyl sites for hydroxylation is 2. The number of carbonyl (C=O) groups excluding carboxylic acids is 1. The van der Waals surface area contributed by atoms with Crippen molar-refractivity contribution in [3.63, 3.8) is 0 Å². The number of furan rings is 1. The van der Waals surface area contributed by atoms with Gasteiger partial charge in [0.15, 0.2) is 0 Å². The van der Waals surface area contributed by atoms with Crippen LogP contribution in [0.15, 0.2) is 28.8 Å². The van der Waals surface area contributed by atoms with E-state index in [1.165, 1.54) is 12.5 Å². The third-order valence-electron chi connectivity index (χ3n) is 4.56. The molecule has 1 saturated carbocycles. The summed E-state index contributed by atoms with van der Waals surface area (Å²) in [6.07, 6.45) is 7.18. The van der Waals surface area contributed by atoms with Crippen molar-refractivity contribution in [2.45, 2.75) is 52.0 Å². The van der Waals surface area contributed by atoms with Gasteiger partial charge in [0.1, 0.15) is 17.6 Å². The summed E-state index contributed by atoms with van der Waals surface area (Å²) in [4.78, 5) is 19.5. The standard InChI is InChI=1S/C19H21N3O2/c1-13-8-9-18(21-12-13)22(15-6-4-3-5-7-15)19(23)17-10-16(11-20)24-14(17)2/h8-10,12,15H,3-7H2,1-2H3. The second kappa shape index (κ2) is 6.88. The zero-order valence-electron chi connectivity index (χ0n) is 14.1. The van der Waals surface area contributed by atoms with Gasteiger partial charge >= 0.3 is 0 Å². The van der Waals surface area contributed by atoms with E-state index in [1.54, 1.807) is 18.0 Å². The molecule has 0 aromatic carbocycles. The Hall–Kier alpha value is -2.61. The van der Waals surface area contributed by atoms with E-state index in [0.29, 0.717) is 17.1 Å². The number of rotatable bonds is 3. The van der Waals surface area contributed by atoms with Gasteiger partial charge in [-0.25, -0.2) is 4.98 Å². The predicted octanol–water partition coefficient (Wildman–Crippen LogP) is 4.14. The van der Waals surface area contributed by atoms with Crippen LogP contribution in [-0.2, 0) is 0 Å². The van der Waals surface area contributed by atoms with Crippen LogP contribution in [0.5, 0.6) is 0 Å². The van der Waals surface area contributed by atoms with Crippen LogP contribution in [0.4, 0.5) is 5.82 Å². The van der Waals surface area contributed by atoms with Crippen LogP contribution in [0.25, 0.3) is 0 Å². The smallest absolute Gasteiger partial charge is 0.263 e. The lowest BCUT2D eigenvalue weighted by Crippen LogP contribution is -2.42. The zero-order valence-corrected chi connectivity index (χ0v) is 14.1. The molecule has 5 nitrogen and oxygen atoms in total. The maximum atomic E-state index is 13.2. The summed E-state index contributed by atoms with van der Waals surface area (Å²) in [6, 6.07) is 7.48. The fourth-order valence-electron chi connectivity index (χ4n) is 3.28.